The summed E-state index contributed by atoms with van der Waals surface area (Å²) in [6.07, 6.45) is 0.814. The molecule has 2 aromatic heterocycles. The molecule has 0 radical (unpaired) electrons. The summed E-state index contributed by atoms with van der Waals surface area (Å²) >= 11 is 1.31. The Morgan fingerprint density at radius 3 is 2.10 bits per heavy atom. The van der Waals surface area contributed by atoms with Crippen molar-refractivity contribution in [3.05, 3.63) is 132 Å². The predicted octanol–water partition coefficient (Wildman–Crippen LogP) is 6.46. The van der Waals surface area contributed by atoms with E-state index in [1.807, 2.05) is 48.5 Å². The van der Waals surface area contributed by atoms with Crippen LogP contribution in [-0.2, 0) is 11.3 Å². The fourth-order valence-electron chi connectivity index (χ4n) is 5.11. The molecular weight excluding hydrogens is 514 g/mol. The maximum absolute atomic E-state index is 12.8. The third-order valence-electron chi connectivity index (χ3n) is 7.03. The van der Waals surface area contributed by atoms with Crippen molar-refractivity contribution >= 4 is 39.7 Å². The highest BCUT2D eigenvalue weighted by Gasteiger charge is 2.17. The van der Waals surface area contributed by atoms with E-state index in [9.17, 15) is 4.79 Å². The van der Waals surface area contributed by atoms with Crippen LogP contribution in [0.1, 0.15) is 29.0 Å². The Hall–Kier alpha value is -4.49. The van der Waals surface area contributed by atoms with Gasteiger partial charge in [0.05, 0.1) is 11.3 Å². The molecule has 6 rings (SSSR count). The number of nitrogens with one attached hydrogen (secondary N) is 1. The minimum absolute atomic E-state index is 0.0431. The topological polar surface area (TPSA) is 72.7 Å². The Labute approximate surface area is 237 Å². The number of aromatic nitrogens is 4. The Morgan fingerprint density at radius 2 is 1.40 bits per heavy atom. The van der Waals surface area contributed by atoms with Crippen LogP contribution in [0.25, 0.3) is 22.1 Å². The average molecular weight is 544 g/mol. The maximum atomic E-state index is 12.8. The summed E-state index contributed by atoms with van der Waals surface area (Å²) < 4.78 is 2.17. The summed E-state index contributed by atoms with van der Waals surface area (Å²) in [7, 11) is 0. The predicted molar refractivity (Wildman–Crippen MR) is 161 cm³/mol. The third kappa shape index (κ3) is 5.75. The molecule has 198 valence electrons. The molecule has 1 amide bonds. The van der Waals surface area contributed by atoms with E-state index in [0.717, 1.165) is 28.5 Å². The van der Waals surface area contributed by atoms with Gasteiger partial charge in [-0.25, -0.2) is 4.98 Å². The van der Waals surface area contributed by atoms with Crippen LogP contribution in [0.4, 0.5) is 0 Å². The van der Waals surface area contributed by atoms with Gasteiger partial charge >= 0.3 is 0 Å². The largest absolute Gasteiger partial charge is 0.355 e. The zero-order valence-electron chi connectivity index (χ0n) is 22.0. The van der Waals surface area contributed by atoms with Crippen molar-refractivity contribution in [2.45, 2.75) is 24.0 Å². The van der Waals surface area contributed by atoms with Crippen molar-refractivity contribution in [1.82, 2.24) is 25.1 Å². The molecule has 6 aromatic rings. The maximum Gasteiger partial charge on any atom is 0.230 e. The van der Waals surface area contributed by atoms with Crippen molar-refractivity contribution in [3.8, 4) is 0 Å². The van der Waals surface area contributed by atoms with Crippen LogP contribution in [0.15, 0.2) is 120 Å². The molecule has 0 bridgehead atoms. The molecule has 0 spiro atoms. The van der Waals surface area contributed by atoms with E-state index in [2.05, 4.69) is 86.8 Å². The molecule has 4 aromatic carbocycles. The molecule has 0 saturated carbocycles. The first-order valence-electron chi connectivity index (χ1n) is 13.4. The second-order valence-corrected chi connectivity index (χ2v) is 10.6. The van der Waals surface area contributed by atoms with Crippen molar-refractivity contribution in [2.24, 2.45) is 0 Å². The SMILES string of the molecule is O=C(CSc1nnc2c3ccccc3n(Cc3ccccc3)c2n1)NCCC(c1ccccc1)c1ccccc1. The number of hydrogen-bond donors (Lipinski definition) is 1. The van der Waals surface area contributed by atoms with E-state index in [1.165, 1.54) is 28.5 Å². The smallest absolute Gasteiger partial charge is 0.230 e. The Balaban J connectivity index is 1.13. The number of carbonyl (C=O) groups excluding carboxylic acids is 1. The summed E-state index contributed by atoms with van der Waals surface area (Å²) in [5.74, 6) is 0.406. The lowest BCUT2D eigenvalue weighted by Crippen LogP contribution is -2.27. The molecule has 0 unspecified atom stereocenters. The summed E-state index contributed by atoms with van der Waals surface area (Å²) in [6.45, 7) is 1.26. The number of para-hydroxylation sites is 1. The molecule has 0 fully saturated rings. The first-order chi connectivity index (χ1) is 19.8. The number of amides is 1. The Morgan fingerprint density at radius 1 is 0.775 bits per heavy atom. The van der Waals surface area contributed by atoms with Gasteiger partial charge in [-0.2, -0.15) is 0 Å². The van der Waals surface area contributed by atoms with Crippen LogP contribution >= 0.6 is 11.8 Å². The minimum atomic E-state index is -0.0431. The lowest BCUT2D eigenvalue weighted by atomic mass is 9.88. The monoisotopic (exact) mass is 543 g/mol. The number of benzene rings is 4. The summed E-state index contributed by atoms with van der Waals surface area (Å²) in [5.41, 5.74) is 6.28. The van der Waals surface area contributed by atoms with Crippen LogP contribution in [0.3, 0.4) is 0 Å². The first kappa shape index (κ1) is 25.8. The summed E-state index contributed by atoms with van der Waals surface area (Å²) in [4.78, 5) is 17.6. The number of fused-ring (bicyclic) bond motifs is 3. The lowest BCUT2D eigenvalue weighted by Gasteiger charge is -2.18. The van der Waals surface area contributed by atoms with Gasteiger partial charge in [0.1, 0.15) is 5.52 Å². The molecule has 6 nitrogen and oxygen atoms in total. The van der Waals surface area contributed by atoms with Gasteiger partial charge in [-0.05, 0) is 29.2 Å². The number of hydrogen-bond acceptors (Lipinski definition) is 5. The summed E-state index contributed by atoms with van der Waals surface area (Å²) in [6, 6.07) is 39.3. The third-order valence-corrected chi connectivity index (χ3v) is 7.87. The van der Waals surface area contributed by atoms with Gasteiger partial charge in [0.25, 0.3) is 0 Å². The first-order valence-corrected chi connectivity index (χ1v) is 14.4. The van der Waals surface area contributed by atoms with E-state index in [-0.39, 0.29) is 17.6 Å². The average Bonchev–Trinajstić information content (AvgIpc) is 3.32. The van der Waals surface area contributed by atoms with Gasteiger partial charge in [0, 0.05) is 24.4 Å². The van der Waals surface area contributed by atoms with Crippen molar-refractivity contribution in [1.29, 1.82) is 0 Å². The van der Waals surface area contributed by atoms with Gasteiger partial charge < -0.3 is 9.88 Å². The fourth-order valence-corrected chi connectivity index (χ4v) is 5.72. The fraction of sp³-hybridized carbons (Fsp3) is 0.152. The van der Waals surface area contributed by atoms with Gasteiger partial charge in [0.2, 0.25) is 11.1 Å². The molecule has 7 heteroatoms. The summed E-state index contributed by atoms with van der Waals surface area (Å²) in [5, 5.41) is 13.5. The Bertz CT molecular complexity index is 1680. The second-order valence-electron chi connectivity index (χ2n) is 9.66. The molecule has 0 aliphatic carbocycles. The highest BCUT2D eigenvalue weighted by molar-refractivity contribution is 7.99. The van der Waals surface area contributed by atoms with Crippen LogP contribution in [0, 0.1) is 0 Å². The van der Waals surface area contributed by atoms with Crippen LogP contribution in [-0.4, -0.2) is 38.0 Å². The van der Waals surface area contributed by atoms with E-state index in [4.69, 9.17) is 4.98 Å². The lowest BCUT2D eigenvalue weighted by molar-refractivity contribution is -0.118. The zero-order chi connectivity index (χ0) is 27.1. The molecule has 0 aliphatic rings. The molecular formula is C33H29N5OS. The van der Waals surface area contributed by atoms with E-state index in [0.29, 0.717) is 18.2 Å². The quantitative estimate of drug-likeness (QED) is 0.201. The molecule has 40 heavy (non-hydrogen) atoms. The minimum Gasteiger partial charge on any atom is -0.355 e. The number of rotatable bonds is 10. The zero-order valence-corrected chi connectivity index (χ0v) is 22.8. The van der Waals surface area contributed by atoms with Crippen molar-refractivity contribution in [3.63, 3.8) is 0 Å². The molecule has 0 aliphatic heterocycles. The number of carbonyl (C=O) groups is 1. The van der Waals surface area contributed by atoms with Crippen LogP contribution < -0.4 is 5.32 Å². The molecule has 0 saturated heterocycles. The normalized spacial score (nSPS) is 11.3. The number of thioether (sulfide) groups is 1. The molecule has 1 N–H and O–H groups in total. The van der Waals surface area contributed by atoms with Gasteiger partial charge in [-0.1, -0.05) is 121 Å². The van der Waals surface area contributed by atoms with E-state index >= 15 is 0 Å². The van der Waals surface area contributed by atoms with Gasteiger partial charge in [-0.15, -0.1) is 10.2 Å². The van der Waals surface area contributed by atoms with Crippen LogP contribution in [0.2, 0.25) is 0 Å². The van der Waals surface area contributed by atoms with Gasteiger partial charge in [0.15, 0.2) is 5.65 Å². The highest BCUT2D eigenvalue weighted by atomic mass is 32.2. The van der Waals surface area contributed by atoms with Crippen LogP contribution in [0.5, 0.6) is 0 Å². The van der Waals surface area contributed by atoms with Crippen molar-refractivity contribution < 1.29 is 4.79 Å². The number of nitrogens with zero attached hydrogens (tertiary/aromatic N) is 4. The van der Waals surface area contributed by atoms with Gasteiger partial charge in [-0.3, -0.25) is 4.79 Å². The van der Waals surface area contributed by atoms with E-state index < -0.39 is 0 Å². The standard InChI is InChI=1S/C33H29N5OS/c39-30(34-21-20-27(25-14-6-2-7-15-25)26-16-8-3-9-17-26)23-40-33-35-32-31(36-37-33)28-18-10-11-19-29(28)38(32)22-24-12-4-1-5-13-24/h1-19,27H,20-23H2,(H,34,39). The Kier molecular flexibility index (Phi) is 7.82. The molecule has 2 heterocycles. The molecule has 0 atom stereocenters. The van der Waals surface area contributed by atoms with E-state index in [1.54, 1.807) is 0 Å². The van der Waals surface area contributed by atoms with Crippen molar-refractivity contribution in [2.75, 3.05) is 12.3 Å². The highest BCUT2D eigenvalue weighted by Crippen LogP contribution is 2.29. The second kappa shape index (κ2) is 12.1.